The predicted molar refractivity (Wildman–Crippen MR) is 122 cm³/mol. The van der Waals surface area contributed by atoms with E-state index in [4.69, 9.17) is 4.42 Å². The van der Waals surface area contributed by atoms with Crippen LogP contribution in [0.25, 0.3) is 28.6 Å². The topological polar surface area (TPSA) is 81.5 Å². The van der Waals surface area contributed by atoms with Crippen LogP contribution >= 0.6 is 15.9 Å². The van der Waals surface area contributed by atoms with Gasteiger partial charge >= 0.3 is 0 Å². The number of halogens is 1. The van der Waals surface area contributed by atoms with Crippen molar-refractivity contribution < 1.29 is 9.34 Å². The van der Waals surface area contributed by atoms with Crippen LogP contribution in [0.5, 0.6) is 0 Å². The summed E-state index contributed by atoms with van der Waals surface area (Å²) in [6.45, 7) is 2.02. The van der Waals surface area contributed by atoms with Gasteiger partial charge in [-0.1, -0.05) is 24.3 Å². The Balaban J connectivity index is 1.53. The minimum atomic E-state index is -0.422. The molecule has 1 heterocycles. The van der Waals surface area contributed by atoms with Gasteiger partial charge < -0.3 is 4.42 Å². The van der Waals surface area contributed by atoms with Crippen molar-refractivity contribution in [1.29, 1.82) is 0 Å². The lowest BCUT2D eigenvalue weighted by Gasteiger charge is -1.98. The largest absolute Gasteiger partial charge is 0.436 e. The summed E-state index contributed by atoms with van der Waals surface area (Å²) in [7, 11) is 0. The fraction of sp³-hybridized carbons (Fsp3) is 0.0435. The van der Waals surface area contributed by atoms with E-state index >= 15 is 0 Å². The van der Waals surface area contributed by atoms with Crippen LogP contribution in [0.15, 0.2) is 80.6 Å². The maximum atomic E-state index is 11.0. The second kappa shape index (κ2) is 8.42. The molecule has 148 valence electrons. The Labute approximate surface area is 180 Å². The number of nitrogens with zero attached hydrogens (tertiary/aromatic N) is 3. The van der Waals surface area contributed by atoms with Crippen molar-refractivity contribution in [2.45, 2.75) is 6.92 Å². The van der Waals surface area contributed by atoms with E-state index in [1.807, 2.05) is 49.4 Å². The summed E-state index contributed by atoms with van der Waals surface area (Å²) in [6.07, 6.45) is 5.14. The number of hydrogen-bond acceptors (Lipinski definition) is 5. The van der Waals surface area contributed by atoms with Crippen molar-refractivity contribution in [2.75, 3.05) is 0 Å². The van der Waals surface area contributed by atoms with E-state index in [2.05, 4.69) is 25.9 Å². The molecule has 0 bridgehead atoms. The lowest BCUT2D eigenvalue weighted by atomic mass is 10.2. The first-order valence-corrected chi connectivity index (χ1v) is 9.91. The molecule has 0 spiro atoms. The van der Waals surface area contributed by atoms with Gasteiger partial charge in [0.25, 0.3) is 5.69 Å². The third-order valence-corrected chi connectivity index (χ3v) is 5.07. The zero-order valence-corrected chi connectivity index (χ0v) is 17.5. The Morgan fingerprint density at radius 2 is 2.00 bits per heavy atom. The van der Waals surface area contributed by atoms with Gasteiger partial charge in [0.1, 0.15) is 5.52 Å². The lowest BCUT2D eigenvalue weighted by Crippen LogP contribution is -1.89. The molecule has 3 aromatic carbocycles. The molecule has 0 amide bonds. The van der Waals surface area contributed by atoms with Crippen LogP contribution in [-0.4, -0.2) is 16.1 Å². The van der Waals surface area contributed by atoms with Gasteiger partial charge in [-0.2, -0.15) is 0 Å². The highest BCUT2D eigenvalue weighted by Gasteiger charge is 2.11. The molecule has 0 saturated carbocycles. The summed E-state index contributed by atoms with van der Waals surface area (Å²) in [5.41, 5.74) is 5.02. The highest BCUT2D eigenvalue weighted by atomic mass is 79.9. The van der Waals surface area contributed by atoms with Gasteiger partial charge in [0.15, 0.2) is 5.58 Å². The number of hydrogen-bond donors (Lipinski definition) is 0. The maximum Gasteiger partial charge on any atom is 0.284 e. The lowest BCUT2D eigenvalue weighted by molar-refractivity contribution is -0.385. The van der Waals surface area contributed by atoms with Crippen molar-refractivity contribution in [3.63, 3.8) is 0 Å². The van der Waals surface area contributed by atoms with Gasteiger partial charge in [-0.25, -0.2) is 4.98 Å². The third kappa shape index (κ3) is 4.36. The van der Waals surface area contributed by atoms with Gasteiger partial charge in [-0.3, -0.25) is 15.1 Å². The second-order valence-corrected chi connectivity index (χ2v) is 7.50. The highest BCUT2D eigenvalue weighted by molar-refractivity contribution is 9.10. The number of aliphatic imine (C=N–C) groups is 1. The molecule has 30 heavy (non-hydrogen) atoms. The van der Waals surface area contributed by atoms with E-state index in [1.54, 1.807) is 30.5 Å². The second-order valence-electron chi connectivity index (χ2n) is 6.65. The number of oxazole rings is 1. The Bertz CT molecular complexity index is 1310. The Morgan fingerprint density at radius 1 is 1.13 bits per heavy atom. The molecule has 0 atom stereocenters. The molecule has 0 saturated heterocycles. The van der Waals surface area contributed by atoms with Gasteiger partial charge in [-0.15, -0.1) is 0 Å². The SMILES string of the molecule is Cc1ccc2oc(-c3cccc(N=CC=Cc4ccc(Br)c([N+](=O)[O-])c4)c3)nc2c1. The Kier molecular flexibility index (Phi) is 5.54. The highest BCUT2D eigenvalue weighted by Crippen LogP contribution is 2.28. The van der Waals surface area contributed by atoms with Crippen LogP contribution in [0.4, 0.5) is 11.4 Å². The van der Waals surface area contributed by atoms with Crippen molar-refractivity contribution in [1.82, 2.24) is 4.98 Å². The summed E-state index contributed by atoms with van der Waals surface area (Å²) in [5, 5.41) is 11.0. The summed E-state index contributed by atoms with van der Waals surface area (Å²) >= 11 is 3.18. The fourth-order valence-electron chi connectivity index (χ4n) is 2.94. The monoisotopic (exact) mass is 461 g/mol. The quantitative estimate of drug-likeness (QED) is 0.184. The number of aryl methyl sites for hydroxylation is 1. The predicted octanol–water partition coefficient (Wildman–Crippen LogP) is 6.89. The average Bonchev–Trinajstić information content (AvgIpc) is 3.15. The standard InChI is InChI=1S/C23H16BrN3O3/c1-15-7-10-22-20(12-15)26-23(30-22)17-5-2-6-18(14-17)25-11-3-4-16-8-9-19(24)21(13-16)27(28)29/h2-14H,1H3. The van der Waals surface area contributed by atoms with Gasteiger partial charge in [0, 0.05) is 17.8 Å². The first-order valence-electron chi connectivity index (χ1n) is 9.12. The smallest absolute Gasteiger partial charge is 0.284 e. The number of aromatic nitrogens is 1. The number of benzene rings is 3. The summed E-state index contributed by atoms with van der Waals surface area (Å²) in [4.78, 5) is 19.6. The minimum absolute atomic E-state index is 0.0234. The van der Waals surface area contributed by atoms with Crippen LogP contribution in [0.3, 0.4) is 0 Å². The first-order chi connectivity index (χ1) is 14.5. The molecule has 0 aliphatic carbocycles. The summed E-state index contributed by atoms with van der Waals surface area (Å²) in [6, 6.07) is 18.4. The summed E-state index contributed by atoms with van der Waals surface area (Å²) in [5.74, 6) is 0.547. The van der Waals surface area contributed by atoms with Gasteiger partial charge in [-0.05, 0) is 76.5 Å². The normalized spacial score (nSPS) is 11.7. The molecular weight excluding hydrogens is 446 g/mol. The van der Waals surface area contributed by atoms with Gasteiger partial charge in [0.05, 0.1) is 15.1 Å². The van der Waals surface area contributed by atoms with Crippen molar-refractivity contribution >= 4 is 50.7 Å². The molecule has 0 aliphatic heterocycles. The van der Waals surface area contributed by atoms with Crippen LogP contribution < -0.4 is 0 Å². The fourth-order valence-corrected chi connectivity index (χ4v) is 3.33. The maximum absolute atomic E-state index is 11.0. The molecule has 0 N–H and O–H groups in total. The van der Waals surface area contributed by atoms with E-state index in [0.29, 0.717) is 15.9 Å². The molecule has 6 nitrogen and oxygen atoms in total. The summed E-state index contributed by atoms with van der Waals surface area (Å²) < 4.78 is 6.30. The Morgan fingerprint density at radius 3 is 2.83 bits per heavy atom. The number of rotatable bonds is 5. The minimum Gasteiger partial charge on any atom is -0.436 e. The molecule has 0 fully saturated rings. The van der Waals surface area contributed by atoms with Crippen LogP contribution in [0.1, 0.15) is 11.1 Å². The molecule has 0 aliphatic rings. The third-order valence-electron chi connectivity index (χ3n) is 4.40. The van der Waals surface area contributed by atoms with Crippen LogP contribution in [-0.2, 0) is 0 Å². The number of allylic oxidation sites excluding steroid dienone is 1. The van der Waals surface area contributed by atoms with E-state index in [1.165, 1.54) is 6.07 Å². The molecule has 4 aromatic rings. The zero-order valence-electron chi connectivity index (χ0n) is 15.9. The molecule has 4 rings (SSSR count). The number of nitro benzene ring substituents is 1. The number of fused-ring (bicyclic) bond motifs is 1. The van der Waals surface area contributed by atoms with Crippen LogP contribution in [0.2, 0.25) is 0 Å². The van der Waals surface area contributed by atoms with E-state index in [-0.39, 0.29) is 5.69 Å². The van der Waals surface area contributed by atoms with E-state index in [0.717, 1.165) is 27.9 Å². The van der Waals surface area contributed by atoms with Gasteiger partial charge in [0.2, 0.25) is 5.89 Å². The Hall–Kier alpha value is -3.58. The molecule has 7 heteroatoms. The van der Waals surface area contributed by atoms with E-state index in [9.17, 15) is 10.1 Å². The molecule has 0 radical (unpaired) electrons. The first kappa shape index (κ1) is 19.7. The van der Waals surface area contributed by atoms with E-state index < -0.39 is 4.92 Å². The number of nitro groups is 1. The van der Waals surface area contributed by atoms with Crippen LogP contribution in [0, 0.1) is 17.0 Å². The van der Waals surface area contributed by atoms with Crippen molar-refractivity contribution in [2.24, 2.45) is 4.99 Å². The average molecular weight is 462 g/mol. The molecule has 0 unspecified atom stereocenters. The van der Waals surface area contributed by atoms with Crippen molar-refractivity contribution in [3.8, 4) is 11.5 Å². The zero-order chi connectivity index (χ0) is 21.1. The molecular formula is C23H16BrN3O3. The van der Waals surface area contributed by atoms with Crippen molar-refractivity contribution in [3.05, 3.63) is 92.5 Å². The molecule has 1 aromatic heterocycles.